The van der Waals surface area contributed by atoms with Crippen LogP contribution < -0.4 is 27.4 Å². The first kappa shape index (κ1) is 37.1. The van der Waals surface area contributed by atoms with Gasteiger partial charge in [-0.15, -0.1) is 0 Å². The molecule has 4 rings (SSSR count). The van der Waals surface area contributed by atoms with Gasteiger partial charge in [-0.25, -0.2) is 0 Å². The minimum absolute atomic E-state index is 0.0155. The molecule has 45 heavy (non-hydrogen) atoms. The highest BCUT2D eigenvalue weighted by atomic mass is 16.7. The molecule has 4 aliphatic rings. The average molecular weight is 656 g/mol. The summed E-state index contributed by atoms with van der Waals surface area (Å²) in [6.07, 6.45) is -15.4. The fraction of sp³-hybridized carbons (Fsp3) is 1.00. The Kier molecular flexibility index (Phi) is 12.2. The molecule has 2 aliphatic carbocycles. The number of likely N-dealkylation sites (N-methyl/N-ethyl adjacent to an activating group) is 1. The van der Waals surface area contributed by atoms with E-state index >= 15 is 0 Å². The quantitative estimate of drug-likeness (QED) is 0.0868. The van der Waals surface area contributed by atoms with E-state index in [1.54, 1.807) is 0 Å². The van der Waals surface area contributed by atoms with E-state index in [1.165, 1.54) is 14.0 Å². The van der Waals surface area contributed by atoms with E-state index in [1.807, 2.05) is 0 Å². The van der Waals surface area contributed by atoms with E-state index in [2.05, 4.69) is 16.0 Å². The number of nitrogens with one attached hydrogen (secondary N) is 3. The molecular formula is C27H53N5O13. The molecule has 264 valence electrons. The normalized spacial score (nSPS) is 50.5. The first-order valence-corrected chi connectivity index (χ1v) is 15.4. The monoisotopic (exact) mass is 655 g/mol. The number of hydrogen-bond acceptors (Lipinski definition) is 18. The summed E-state index contributed by atoms with van der Waals surface area (Å²) < 4.78 is 17.8. The third kappa shape index (κ3) is 7.79. The fourth-order valence-corrected chi connectivity index (χ4v) is 7.14. The molecule has 2 heterocycles. The van der Waals surface area contributed by atoms with Gasteiger partial charge in [-0.3, -0.25) is 5.32 Å². The lowest BCUT2D eigenvalue weighted by Crippen LogP contribution is -2.72. The van der Waals surface area contributed by atoms with Crippen LogP contribution in [0.3, 0.4) is 0 Å². The summed E-state index contributed by atoms with van der Waals surface area (Å²) in [4.78, 5) is 0. The molecule has 0 spiro atoms. The Morgan fingerprint density at radius 2 is 1.64 bits per heavy atom. The first-order chi connectivity index (χ1) is 21.0. The van der Waals surface area contributed by atoms with E-state index < -0.39 is 109 Å². The number of aliphatic hydroxyl groups is 10. The Labute approximate surface area is 261 Å². The van der Waals surface area contributed by atoms with Crippen LogP contribution in [0.5, 0.6) is 0 Å². The predicted molar refractivity (Wildman–Crippen MR) is 154 cm³/mol. The zero-order valence-corrected chi connectivity index (χ0v) is 25.5. The minimum atomic E-state index is -1.70. The first-order valence-electron chi connectivity index (χ1n) is 15.4. The van der Waals surface area contributed by atoms with Gasteiger partial charge in [0.15, 0.2) is 6.29 Å². The Bertz CT molecular complexity index is 951. The standard InChI is InChI=1S/C27H53N5O13/c1-26(41)9-43-24(20(39)23(26)30-2)45-21-13(32-25(40)27(42)4-10(28)5-27)3-12(29)15(17(21)36)22-19(38)18(37)16(35)14(44-22)7-31-6-11(34)8-33/h10-25,30-42H,3-9,28-29H2,1-2H3/t10?,11?,12-,13+,14+,15?,16+,17-,18-,19+,20+,21-,22+,23+,24+,25?,26-,27?/m0/s1. The smallest absolute Gasteiger partial charge is 0.185 e. The molecule has 3 unspecified atom stereocenters. The van der Waals surface area contributed by atoms with Gasteiger partial charge in [0.1, 0.15) is 47.9 Å². The molecule has 2 aliphatic heterocycles. The Morgan fingerprint density at radius 1 is 0.978 bits per heavy atom. The highest BCUT2D eigenvalue weighted by molar-refractivity contribution is 5.09. The van der Waals surface area contributed by atoms with Crippen molar-refractivity contribution in [2.24, 2.45) is 17.4 Å². The van der Waals surface area contributed by atoms with Crippen LogP contribution in [0.1, 0.15) is 26.2 Å². The minimum Gasteiger partial charge on any atom is -0.394 e. The van der Waals surface area contributed by atoms with Gasteiger partial charge < -0.3 is 87.4 Å². The lowest BCUT2D eigenvalue weighted by Gasteiger charge is -2.53. The molecular weight excluding hydrogens is 602 g/mol. The lowest BCUT2D eigenvalue weighted by atomic mass is 9.71. The number of ether oxygens (including phenoxy) is 3. The van der Waals surface area contributed by atoms with Crippen LogP contribution in [0.25, 0.3) is 0 Å². The molecule has 0 bridgehead atoms. The molecule has 16 atom stereocenters. The molecule has 18 nitrogen and oxygen atoms in total. The summed E-state index contributed by atoms with van der Waals surface area (Å²) in [5.74, 6) is -1.13. The molecule has 0 amide bonds. The van der Waals surface area contributed by atoms with Gasteiger partial charge >= 0.3 is 0 Å². The van der Waals surface area contributed by atoms with Crippen LogP contribution in [-0.4, -0.2) is 187 Å². The molecule has 2 saturated carbocycles. The number of nitrogens with two attached hydrogens (primary N) is 2. The van der Waals surface area contributed by atoms with Crippen LogP contribution in [-0.2, 0) is 14.2 Å². The summed E-state index contributed by atoms with van der Waals surface area (Å²) in [7, 11) is 1.54. The van der Waals surface area contributed by atoms with Crippen LogP contribution >= 0.6 is 0 Å². The second kappa shape index (κ2) is 14.8. The van der Waals surface area contributed by atoms with Gasteiger partial charge in [-0.05, 0) is 33.2 Å². The highest BCUT2D eigenvalue weighted by Gasteiger charge is 2.57. The Balaban J connectivity index is 1.57. The summed E-state index contributed by atoms with van der Waals surface area (Å²) >= 11 is 0. The molecule has 0 radical (unpaired) electrons. The Hall–Kier alpha value is -0.720. The average Bonchev–Trinajstić information content (AvgIpc) is 2.95. The van der Waals surface area contributed by atoms with Crippen molar-refractivity contribution in [1.29, 1.82) is 0 Å². The third-order valence-corrected chi connectivity index (χ3v) is 9.76. The SMILES string of the molecule is CN[C@@H]1[C@@H](O)[C@@H](O[C@H]2[C@H](NC(O)C3(O)CC(N)C3)C[C@H](N)C([C@H]3O[C@H](CNCC(O)CO)[C@@H](O)[C@H](O)[C@H]3O)[C@@H]2O)OC[C@]1(C)O. The van der Waals surface area contributed by atoms with Crippen molar-refractivity contribution in [3.8, 4) is 0 Å². The van der Waals surface area contributed by atoms with E-state index in [9.17, 15) is 46.0 Å². The molecule has 2 saturated heterocycles. The van der Waals surface area contributed by atoms with Gasteiger partial charge in [0.25, 0.3) is 0 Å². The van der Waals surface area contributed by atoms with Crippen LogP contribution in [0, 0.1) is 5.92 Å². The van der Waals surface area contributed by atoms with Crippen LogP contribution in [0.15, 0.2) is 0 Å². The van der Waals surface area contributed by atoms with Crippen LogP contribution in [0.4, 0.5) is 0 Å². The number of aliphatic hydroxyl groups excluding tert-OH is 8. The second-order valence-corrected chi connectivity index (χ2v) is 13.4. The van der Waals surface area contributed by atoms with Crippen molar-refractivity contribution in [1.82, 2.24) is 16.0 Å². The van der Waals surface area contributed by atoms with Gasteiger partial charge in [-0.1, -0.05) is 0 Å². The number of hydrogen-bond donors (Lipinski definition) is 15. The van der Waals surface area contributed by atoms with Gasteiger partial charge in [0.05, 0.1) is 43.7 Å². The number of rotatable bonds is 12. The summed E-state index contributed by atoms with van der Waals surface area (Å²) in [6.45, 7) is 0.584. The topological polar surface area (TPSA) is 318 Å². The maximum absolute atomic E-state index is 11.8. The maximum atomic E-state index is 11.8. The van der Waals surface area contributed by atoms with Crippen molar-refractivity contribution >= 4 is 0 Å². The Morgan fingerprint density at radius 3 is 2.24 bits per heavy atom. The van der Waals surface area contributed by atoms with E-state index in [0.29, 0.717) is 0 Å². The van der Waals surface area contributed by atoms with E-state index in [4.69, 9.17) is 30.8 Å². The molecule has 0 aromatic rings. The predicted octanol–water partition coefficient (Wildman–Crippen LogP) is -7.94. The largest absolute Gasteiger partial charge is 0.394 e. The third-order valence-electron chi connectivity index (χ3n) is 9.76. The van der Waals surface area contributed by atoms with Crippen molar-refractivity contribution in [3.63, 3.8) is 0 Å². The second-order valence-electron chi connectivity index (χ2n) is 13.4. The summed E-state index contributed by atoms with van der Waals surface area (Å²) in [6, 6.07) is -3.08. The van der Waals surface area contributed by atoms with E-state index in [-0.39, 0.29) is 45.0 Å². The maximum Gasteiger partial charge on any atom is 0.185 e. The highest BCUT2D eigenvalue weighted by Crippen LogP contribution is 2.39. The summed E-state index contributed by atoms with van der Waals surface area (Å²) in [5.41, 5.74) is 9.36. The molecule has 18 heteroatoms. The molecule has 0 aromatic heterocycles. The zero-order chi connectivity index (χ0) is 33.4. The van der Waals surface area contributed by atoms with E-state index in [0.717, 1.165) is 0 Å². The van der Waals surface area contributed by atoms with Crippen molar-refractivity contribution in [2.75, 3.05) is 33.4 Å². The van der Waals surface area contributed by atoms with Crippen molar-refractivity contribution in [3.05, 3.63) is 0 Å². The van der Waals surface area contributed by atoms with Crippen LogP contribution in [0.2, 0.25) is 0 Å². The van der Waals surface area contributed by atoms with Gasteiger partial charge in [-0.2, -0.15) is 0 Å². The van der Waals surface area contributed by atoms with Gasteiger partial charge in [0, 0.05) is 37.1 Å². The fourth-order valence-electron chi connectivity index (χ4n) is 7.14. The molecule has 4 fully saturated rings. The van der Waals surface area contributed by atoms with Gasteiger partial charge in [0.2, 0.25) is 0 Å². The molecule has 17 N–H and O–H groups in total. The van der Waals surface area contributed by atoms with Crippen molar-refractivity contribution < 1.29 is 65.3 Å². The summed E-state index contributed by atoms with van der Waals surface area (Å²) in [5, 5.41) is 115. The zero-order valence-electron chi connectivity index (χ0n) is 25.5. The molecule has 0 aromatic carbocycles. The van der Waals surface area contributed by atoms with Crippen molar-refractivity contribution in [2.45, 2.75) is 129 Å². The lowest BCUT2D eigenvalue weighted by molar-refractivity contribution is -0.305.